The number of carbonyl (C=O) groups is 1. The van der Waals surface area contributed by atoms with Gasteiger partial charge in [-0.3, -0.25) is 9.69 Å². The van der Waals surface area contributed by atoms with Gasteiger partial charge < -0.3 is 10.2 Å². The Hall–Kier alpha value is -1.17. The second-order valence-electron chi connectivity index (χ2n) is 6.72. The average molecular weight is 356 g/mol. The molecule has 0 saturated carbocycles. The van der Waals surface area contributed by atoms with Gasteiger partial charge in [0.1, 0.15) is 5.82 Å². The van der Waals surface area contributed by atoms with Gasteiger partial charge in [-0.2, -0.15) is 0 Å². The summed E-state index contributed by atoms with van der Waals surface area (Å²) in [5.74, 6) is 0.117. The monoisotopic (exact) mass is 355 g/mol. The van der Waals surface area contributed by atoms with Crippen LogP contribution in [0.1, 0.15) is 31.2 Å². The largest absolute Gasteiger partial charge is 0.341 e. The highest BCUT2D eigenvalue weighted by molar-refractivity contribution is 5.85. The van der Waals surface area contributed by atoms with Crippen LogP contribution in [0.5, 0.6) is 0 Å². The van der Waals surface area contributed by atoms with Crippen LogP contribution < -0.4 is 5.32 Å². The van der Waals surface area contributed by atoms with Gasteiger partial charge in [-0.05, 0) is 30.0 Å². The summed E-state index contributed by atoms with van der Waals surface area (Å²) in [4.78, 5) is 17.1. The number of rotatable bonds is 4. The number of carbonyl (C=O) groups excluding carboxylic acids is 1. The molecule has 2 aliphatic heterocycles. The zero-order valence-electron chi connectivity index (χ0n) is 14.2. The van der Waals surface area contributed by atoms with Crippen LogP contribution in [0.2, 0.25) is 0 Å². The zero-order valence-corrected chi connectivity index (χ0v) is 15.0. The Labute approximate surface area is 149 Å². The lowest BCUT2D eigenvalue weighted by Gasteiger charge is -2.32. The van der Waals surface area contributed by atoms with E-state index in [0.717, 1.165) is 51.3 Å². The van der Waals surface area contributed by atoms with Gasteiger partial charge in [0.15, 0.2) is 0 Å². The zero-order chi connectivity index (χ0) is 16.2. The molecule has 1 aromatic carbocycles. The van der Waals surface area contributed by atoms with Gasteiger partial charge >= 0.3 is 0 Å². The molecule has 2 saturated heterocycles. The third-order valence-electron chi connectivity index (χ3n) is 5.10. The van der Waals surface area contributed by atoms with Crippen LogP contribution >= 0.6 is 12.4 Å². The van der Waals surface area contributed by atoms with Crippen molar-refractivity contribution in [1.82, 2.24) is 15.1 Å². The predicted molar refractivity (Wildman–Crippen MR) is 96.1 cm³/mol. The van der Waals surface area contributed by atoms with Crippen LogP contribution in [-0.2, 0) is 4.79 Å². The Morgan fingerprint density at radius 3 is 2.58 bits per heavy atom. The molecule has 0 aliphatic carbocycles. The van der Waals surface area contributed by atoms with E-state index in [9.17, 15) is 9.18 Å². The molecule has 134 valence electrons. The number of nitrogens with one attached hydrogen (secondary N) is 1. The summed E-state index contributed by atoms with van der Waals surface area (Å²) in [7, 11) is 0. The summed E-state index contributed by atoms with van der Waals surface area (Å²) < 4.78 is 13.0. The fourth-order valence-corrected chi connectivity index (χ4v) is 3.61. The molecule has 2 unspecified atom stereocenters. The van der Waals surface area contributed by atoms with E-state index in [1.54, 1.807) is 12.1 Å². The first kappa shape index (κ1) is 19.2. The summed E-state index contributed by atoms with van der Waals surface area (Å²) in [5, 5.41) is 3.37. The third-order valence-corrected chi connectivity index (χ3v) is 5.10. The molecule has 24 heavy (non-hydrogen) atoms. The molecule has 1 amide bonds. The summed E-state index contributed by atoms with van der Waals surface area (Å²) in [5.41, 5.74) is 1.03. The van der Waals surface area contributed by atoms with E-state index in [4.69, 9.17) is 0 Å². The summed E-state index contributed by atoms with van der Waals surface area (Å²) in [6, 6.07) is 7.00. The number of likely N-dealkylation sites (tertiary alicyclic amines) is 1. The molecule has 0 aromatic heterocycles. The highest BCUT2D eigenvalue weighted by Crippen LogP contribution is 2.23. The molecule has 0 bridgehead atoms. The van der Waals surface area contributed by atoms with E-state index >= 15 is 0 Å². The van der Waals surface area contributed by atoms with E-state index in [1.807, 2.05) is 11.8 Å². The van der Waals surface area contributed by atoms with Crippen molar-refractivity contribution in [3.05, 3.63) is 35.6 Å². The van der Waals surface area contributed by atoms with E-state index in [0.29, 0.717) is 12.5 Å². The molecule has 4 nitrogen and oxygen atoms in total. The highest BCUT2D eigenvalue weighted by atomic mass is 35.5. The van der Waals surface area contributed by atoms with Crippen molar-refractivity contribution in [2.75, 3.05) is 39.3 Å². The lowest BCUT2D eigenvalue weighted by atomic mass is 9.97. The van der Waals surface area contributed by atoms with Gasteiger partial charge in [-0.1, -0.05) is 19.1 Å². The summed E-state index contributed by atoms with van der Waals surface area (Å²) in [6.45, 7) is 8.02. The van der Waals surface area contributed by atoms with Crippen molar-refractivity contribution < 1.29 is 9.18 Å². The van der Waals surface area contributed by atoms with E-state index in [2.05, 4.69) is 10.2 Å². The second kappa shape index (κ2) is 8.79. The van der Waals surface area contributed by atoms with E-state index < -0.39 is 0 Å². The van der Waals surface area contributed by atoms with Gasteiger partial charge in [-0.25, -0.2) is 4.39 Å². The van der Waals surface area contributed by atoms with Crippen LogP contribution in [0.3, 0.4) is 0 Å². The molecule has 0 spiro atoms. The van der Waals surface area contributed by atoms with Crippen LogP contribution in [0.25, 0.3) is 0 Å². The molecule has 0 radical (unpaired) electrons. The second-order valence-corrected chi connectivity index (χ2v) is 6.72. The minimum Gasteiger partial charge on any atom is -0.341 e. The van der Waals surface area contributed by atoms with E-state index in [1.165, 1.54) is 12.1 Å². The molecular weight excluding hydrogens is 329 g/mol. The molecule has 2 heterocycles. The Morgan fingerprint density at radius 2 is 1.92 bits per heavy atom. The molecule has 2 atom stereocenters. The van der Waals surface area contributed by atoms with E-state index in [-0.39, 0.29) is 30.0 Å². The normalized spacial score (nSPS) is 22.9. The van der Waals surface area contributed by atoms with Gasteiger partial charge in [-0.15, -0.1) is 12.4 Å². The van der Waals surface area contributed by atoms with Crippen LogP contribution in [0.15, 0.2) is 24.3 Å². The third kappa shape index (κ3) is 4.68. The lowest BCUT2D eigenvalue weighted by molar-refractivity contribution is -0.130. The molecule has 1 N–H and O–H groups in total. The first-order valence-electron chi connectivity index (χ1n) is 8.61. The summed E-state index contributed by atoms with van der Waals surface area (Å²) >= 11 is 0. The van der Waals surface area contributed by atoms with Crippen molar-refractivity contribution in [3.63, 3.8) is 0 Å². The van der Waals surface area contributed by atoms with Crippen molar-refractivity contribution in [1.29, 1.82) is 0 Å². The molecule has 6 heteroatoms. The van der Waals surface area contributed by atoms with Gasteiger partial charge in [0.05, 0.1) is 0 Å². The number of nitrogens with zero attached hydrogens (tertiary/aromatic N) is 2. The quantitative estimate of drug-likeness (QED) is 0.899. The SMILES string of the molecule is CC(CC(=O)N1CCC(N2CCNCC2)C1)c1ccc(F)cc1.Cl. The average Bonchev–Trinajstić information content (AvgIpc) is 3.06. The molecule has 1 aromatic rings. The number of benzene rings is 1. The number of halogens is 2. The van der Waals surface area contributed by atoms with Gasteiger partial charge in [0, 0.05) is 51.7 Å². The van der Waals surface area contributed by atoms with Crippen molar-refractivity contribution in [2.24, 2.45) is 0 Å². The van der Waals surface area contributed by atoms with Gasteiger partial charge in [0.25, 0.3) is 0 Å². The molecule has 2 aliphatic rings. The topological polar surface area (TPSA) is 35.6 Å². The molecule has 2 fully saturated rings. The number of amides is 1. The maximum Gasteiger partial charge on any atom is 0.223 e. The van der Waals surface area contributed by atoms with Crippen molar-refractivity contribution in [3.8, 4) is 0 Å². The minimum absolute atomic E-state index is 0. The van der Waals surface area contributed by atoms with Crippen LogP contribution in [0.4, 0.5) is 4.39 Å². The maximum absolute atomic E-state index is 13.0. The number of hydrogen-bond acceptors (Lipinski definition) is 3. The van der Waals surface area contributed by atoms with Crippen molar-refractivity contribution in [2.45, 2.75) is 31.7 Å². The lowest BCUT2D eigenvalue weighted by Crippen LogP contribution is -2.49. The first-order valence-corrected chi connectivity index (χ1v) is 8.61. The Kier molecular flexibility index (Phi) is 7.02. The summed E-state index contributed by atoms with van der Waals surface area (Å²) in [6.07, 6.45) is 1.58. The smallest absolute Gasteiger partial charge is 0.223 e. The fourth-order valence-electron chi connectivity index (χ4n) is 3.61. The Balaban J connectivity index is 0.00000208. The minimum atomic E-state index is -0.231. The van der Waals surface area contributed by atoms with Gasteiger partial charge in [0.2, 0.25) is 5.91 Å². The van der Waals surface area contributed by atoms with Crippen LogP contribution in [0, 0.1) is 5.82 Å². The highest BCUT2D eigenvalue weighted by Gasteiger charge is 2.31. The Morgan fingerprint density at radius 1 is 1.25 bits per heavy atom. The maximum atomic E-state index is 13.0. The van der Waals surface area contributed by atoms with Crippen molar-refractivity contribution >= 4 is 18.3 Å². The van der Waals surface area contributed by atoms with Crippen LogP contribution in [-0.4, -0.2) is 61.0 Å². The fraction of sp³-hybridized carbons (Fsp3) is 0.611. The number of hydrogen-bond donors (Lipinski definition) is 1. The molecular formula is C18H27ClFN3O. The first-order chi connectivity index (χ1) is 11.1. The number of piperazine rings is 1. The predicted octanol–water partition coefficient (Wildman–Crippen LogP) is 2.25. The standard InChI is InChI=1S/C18H26FN3O.ClH/c1-14(15-2-4-16(19)5-3-15)12-18(23)22-9-6-17(13-22)21-10-7-20-8-11-21;/h2-5,14,17,20H,6-13H2,1H3;1H. The molecule has 3 rings (SSSR count). The Bertz CT molecular complexity index is 534.